The van der Waals surface area contributed by atoms with Crippen LogP contribution < -0.4 is 15.1 Å². The Morgan fingerprint density at radius 2 is 1.89 bits per heavy atom. The van der Waals surface area contributed by atoms with Crippen molar-refractivity contribution in [3.05, 3.63) is 51.9 Å². The summed E-state index contributed by atoms with van der Waals surface area (Å²) in [6.45, 7) is 7.39. The number of carbonyl (C=O) groups is 1. The summed E-state index contributed by atoms with van der Waals surface area (Å²) >= 11 is 0. The first-order valence-electron chi connectivity index (χ1n) is 8.68. The Hall–Kier alpha value is -3.02. The Labute approximate surface area is 157 Å². The number of rotatable bonds is 7. The molecular formula is C21H24O6. The first-order chi connectivity index (χ1) is 12.8. The van der Waals surface area contributed by atoms with E-state index in [0.717, 1.165) is 18.4 Å². The van der Waals surface area contributed by atoms with Gasteiger partial charge in [0, 0.05) is 6.92 Å². The maximum Gasteiger partial charge on any atom is 0.383 e. The van der Waals surface area contributed by atoms with Crippen LogP contribution in [-0.4, -0.2) is 17.7 Å². The summed E-state index contributed by atoms with van der Waals surface area (Å²) in [5.41, 5.74) is 1.70. The molecule has 0 saturated heterocycles. The number of phenolic OH excluding ortho intramolecular Hbond substituents is 1. The zero-order valence-electron chi connectivity index (χ0n) is 16.0. The highest BCUT2D eigenvalue weighted by molar-refractivity contribution is 5.93. The van der Waals surface area contributed by atoms with Gasteiger partial charge >= 0.3 is 11.6 Å². The van der Waals surface area contributed by atoms with Gasteiger partial charge in [-0.15, -0.1) is 0 Å². The molecule has 1 heterocycles. The Kier molecular flexibility index (Phi) is 6.82. The van der Waals surface area contributed by atoms with Gasteiger partial charge in [0.1, 0.15) is 23.3 Å². The predicted octanol–water partition coefficient (Wildman–Crippen LogP) is 4.50. The quantitative estimate of drug-likeness (QED) is 0.438. The fourth-order valence-corrected chi connectivity index (χ4v) is 2.51. The van der Waals surface area contributed by atoms with Gasteiger partial charge in [0.05, 0.1) is 0 Å². The smallest absolute Gasteiger partial charge is 0.383 e. The molecule has 6 nitrogen and oxygen atoms in total. The summed E-state index contributed by atoms with van der Waals surface area (Å²) in [5.74, 6) is -1.19. The third-order valence-electron chi connectivity index (χ3n) is 3.82. The minimum absolute atomic E-state index is 0.108. The Morgan fingerprint density at radius 3 is 2.56 bits per heavy atom. The largest absolute Gasteiger partial charge is 0.507 e. The van der Waals surface area contributed by atoms with E-state index in [0.29, 0.717) is 0 Å². The van der Waals surface area contributed by atoms with E-state index in [1.165, 1.54) is 30.7 Å². The van der Waals surface area contributed by atoms with Gasteiger partial charge in [-0.2, -0.15) is 0 Å². The molecule has 144 valence electrons. The average molecular weight is 372 g/mol. The van der Waals surface area contributed by atoms with E-state index < -0.39 is 11.6 Å². The highest BCUT2D eigenvalue weighted by Gasteiger charge is 2.21. The van der Waals surface area contributed by atoms with E-state index in [9.17, 15) is 14.7 Å². The topological polar surface area (TPSA) is 86.0 Å². The molecule has 1 aromatic carbocycles. The van der Waals surface area contributed by atoms with Crippen molar-refractivity contribution in [3.8, 4) is 17.2 Å². The van der Waals surface area contributed by atoms with E-state index in [2.05, 4.69) is 6.08 Å². The highest BCUT2D eigenvalue weighted by atomic mass is 16.6. The second-order valence-electron chi connectivity index (χ2n) is 6.47. The van der Waals surface area contributed by atoms with Gasteiger partial charge < -0.3 is 19.0 Å². The van der Waals surface area contributed by atoms with Gasteiger partial charge in [0.25, 0.3) is 0 Å². The number of hydrogen-bond donors (Lipinski definition) is 1. The minimum Gasteiger partial charge on any atom is -0.507 e. The summed E-state index contributed by atoms with van der Waals surface area (Å²) in [6.07, 6.45) is 5.80. The molecular weight excluding hydrogens is 348 g/mol. The lowest BCUT2D eigenvalue weighted by molar-refractivity contribution is -0.131. The van der Waals surface area contributed by atoms with Crippen LogP contribution in [0, 0.1) is 0 Å². The van der Waals surface area contributed by atoms with E-state index in [4.69, 9.17) is 13.9 Å². The Balaban J connectivity index is 2.30. The number of fused-ring (bicyclic) bond motifs is 1. The molecule has 0 spiro atoms. The van der Waals surface area contributed by atoms with Gasteiger partial charge in [-0.1, -0.05) is 23.3 Å². The summed E-state index contributed by atoms with van der Waals surface area (Å²) in [7, 11) is 0. The highest BCUT2D eigenvalue weighted by Crippen LogP contribution is 2.38. The van der Waals surface area contributed by atoms with Crippen LogP contribution in [-0.2, 0) is 4.79 Å². The molecule has 0 atom stereocenters. The first kappa shape index (κ1) is 20.3. The minimum atomic E-state index is -0.778. The van der Waals surface area contributed by atoms with Crippen LogP contribution in [0.25, 0.3) is 11.0 Å². The molecule has 6 heteroatoms. The third-order valence-corrected chi connectivity index (χ3v) is 3.82. The summed E-state index contributed by atoms with van der Waals surface area (Å²) < 4.78 is 15.9. The van der Waals surface area contributed by atoms with Crippen LogP contribution in [0.15, 0.2) is 50.7 Å². The number of phenols is 1. The van der Waals surface area contributed by atoms with Crippen molar-refractivity contribution in [2.75, 3.05) is 6.61 Å². The van der Waals surface area contributed by atoms with Crippen LogP contribution in [0.4, 0.5) is 0 Å². The second kappa shape index (κ2) is 9.07. The number of hydrogen-bond acceptors (Lipinski definition) is 6. The molecule has 1 aromatic heterocycles. The number of ether oxygens (including phenoxy) is 2. The molecule has 2 aromatic rings. The summed E-state index contributed by atoms with van der Waals surface area (Å²) in [5, 5.41) is 10.2. The van der Waals surface area contributed by atoms with Crippen LogP contribution in [0.1, 0.15) is 40.5 Å². The zero-order valence-corrected chi connectivity index (χ0v) is 16.0. The predicted molar refractivity (Wildman–Crippen MR) is 103 cm³/mol. The van der Waals surface area contributed by atoms with Crippen molar-refractivity contribution < 1.29 is 23.8 Å². The average Bonchev–Trinajstić information content (AvgIpc) is 2.56. The standard InChI is InChI=1S/C21H24O6/c1-13(2)7-5-8-14(3)11-12-25-20-19(26-15(4)22)18-16(23)9-6-10-17(18)27-21(20)24/h6-7,9-11,23H,5,8,12H2,1-4H3/b14-11+. The molecule has 0 aliphatic rings. The molecule has 0 bridgehead atoms. The maximum atomic E-state index is 12.3. The molecule has 0 aliphatic heterocycles. The van der Waals surface area contributed by atoms with Gasteiger partial charge in [0.15, 0.2) is 5.75 Å². The van der Waals surface area contributed by atoms with Crippen LogP contribution in [0.2, 0.25) is 0 Å². The molecule has 0 saturated carbocycles. The zero-order chi connectivity index (χ0) is 20.0. The number of aromatic hydroxyl groups is 1. The number of benzene rings is 1. The fraction of sp³-hybridized carbons (Fsp3) is 0.333. The molecule has 1 N–H and O–H groups in total. The molecule has 0 aliphatic carbocycles. The van der Waals surface area contributed by atoms with Gasteiger partial charge in [0.2, 0.25) is 5.75 Å². The second-order valence-corrected chi connectivity index (χ2v) is 6.47. The van der Waals surface area contributed by atoms with Crippen molar-refractivity contribution in [3.63, 3.8) is 0 Å². The lowest BCUT2D eigenvalue weighted by Gasteiger charge is -2.12. The summed E-state index contributed by atoms with van der Waals surface area (Å²) in [4.78, 5) is 23.8. The van der Waals surface area contributed by atoms with Crippen molar-refractivity contribution in [1.82, 2.24) is 0 Å². The van der Waals surface area contributed by atoms with Crippen molar-refractivity contribution >= 4 is 16.9 Å². The lowest BCUT2D eigenvalue weighted by atomic mass is 10.1. The van der Waals surface area contributed by atoms with Crippen LogP contribution >= 0.6 is 0 Å². The van der Waals surface area contributed by atoms with E-state index in [1.807, 2.05) is 26.8 Å². The lowest BCUT2D eigenvalue weighted by Crippen LogP contribution is -2.12. The van der Waals surface area contributed by atoms with E-state index >= 15 is 0 Å². The number of allylic oxidation sites excluding steroid dienone is 3. The number of carbonyl (C=O) groups excluding carboxylic acids is 1. The van der Waals surface area contributed by atoms with E-state index in [1.54, 1.807) is 0 Å². The molecule has 0 radical (unpaired) electrons. The van der Waals surface area contributed by atoms with Crippen LogP contribution in [0.3, 0.4) is 0 Å². The fourth-order valence-electron chi connectivity index (χ4n) is 2.51. The Bertz CT molecular complexity index is 945. The monoisotopic (exact) mass is 372 g/mol. The maximum absolute atomic E-state index is 12.3. The Morgan fingerprint density at radius 1 is 1.15 bits per heavy atom. The van der Waals surface area contributed by atoms with Crippen molar-refractivity contribution in [1.29, 1.82) is 0 Å². The molecule has 0 fully saturated rings. The summed E-state index contributed by atoms with van der Waals surface area (Å²) in [6, 6.07) is 4.43. The van der Waals surface area contributed by atoms with E-state index in [-0.39, 0.29) is 34.8 Å². The molecule has 0 amide bonds. The molecule has 27 heavy (non-hydrogen) atoms. The first-order valence-corrected chi connectivity index (χ1v) is 8.68. The van der Waals surface area contributed by atoms with Gasteiger partial charge in [-0.3, -0.25) is 4.79 Å². The van der Waals surface area contributed by atoms with Gasteiger partial charge in [-0.25, -0.2) is 4.79 Å². The SMILES string of the molecule is CC(=O)Oc1c(OC/C=C(\C)CCC=C(C)C)c(=O)oc2cccc(O)c12. The molecule has 0 unspecified atom stereocenters. The number of esters is 1. The normalized spacial score (nSPS) is 11.3. The molecule has 2 rings (SSSR count). The van der Waals surface area contributed by atoms with Crippen molar-refractivity contribution in [2.24, 2.45) is 0 Å². The van der Waals surface area contributed by atoms with Gasteiger partial charge in [-0.05, 0) is 51.8 Å². The van der Waals surface area contributed by atoms with Crippen LogP contribution in [0.5, 0.6) is 17.2 Å². The third kappa shape index (κ3) is 5.48. The van der Waals surface area contributed by atoms with Crippen molar-refractivity contribution in [2.45, 2.75) is 40.5 Å².